The molecule has 5 nitrogen and oxygen atoms in total. The molecule has 0 radical (unpaired) electrons. The number of fused-ring (bicyclic) bond motifs is 1. The van der Waals surface area contributed by atoms with Crippen LogP contribution in [0.1, 0.15) is 33.7 Å². The summed E-state index contributed by atoms with van der Waals surface area (Å²) >= 11 is 1.70. The Morgan fingerprint density at radius 3 is 2.74 bits per heavy atom. The van der Waals surface area contributed by atoms with E-state index in [1.807, 2.05) is 47.9 Å². The van der Waals surface area contributed by atoms with E-state index < -0.39 is 0 Å². The lowest BCUT2D eigenvalue weighted by Gasteiger charge is -2.07. The molecule has 3 heterocycles. The Balaban J connectivity index is 1.77. The van der Waals surface area contributed by atoms with Gasteiger partial charge in [-0.25, -0.2) is 9.78 Å². The van der Waals surface area contributed by atoms with Crippen molar-refractivity contribution in [3.63, 3.8) is 0 Å². The van der Waals surface area contributed by atoms with Crippen LogP contribution in [0.4, 0.5) is 0 Å². The van der Waals surface area contributed by atoms with E-state index in [4.69, 9.17) is 9.15 Å². The zero-order valence-electron chi connectivity index (χ0n) is 15.5. The highest BCUT2D eigenvalue weighted by atomic mass is 32.1. The zero-order valence-corrected chi connectivity index (χ0v) is 16.3. The van der Waals surface area contributed by atoms with Crippen LogP contribution in [0.5, 0.6) is 0 Å². The highest BCUT2D eigenvalue weighted by Gasteiger charge is 2.21. The van der Waals surface area contributed by atoms with Crippen molar-refractivity contribution in [2.24, 2.45) is 0 Å². The molecular formula is C21H20N2O3S. The minimum Gasteiger partial charge on any atom is -0.464 e. The number of hydrogen-bond donors (Lipinski definition) is 0. The van der Waals surface area contributed by atoms with Gasteiger partial charge in [0.25, 0.3) is 0 Å². The standard InChI is InChI=1S/C21H20N2O3S/c1-4-15-10-17-19(27-15)11-18(21(24)25-3)23(17)12-16-13(2)26-20(22-16)14-8-6-5-7-9-14/h5-11H,4,12H2,1-3H3. The Labute approximate surface area is 161 Å². The normalized spacial score (nSPS) is 11.2. The molecule has 6 heteroatoms. The highest BCUT2D eigenvalue weighted by Crippen LogP contribution is 2.31. The molecule has 0 aliphatic carbocycles. The number of carbonyl (C=O) groups excluding carboxylic acids is 1. The molecule has 0 amide bonds. The van der Waals surface area contributed by atoms with E-state index in [-0.39, 0.29) is 5.97 Å². The van der Waals surface area contributed by atoms with Crippen LogP contribution in [0.25, 0.3) is 21.7 Å². The number of benzene rings is 1. The summed E-state index contributed by atoms with van der Waals surface area (Å²) in [5.74, 6) is 0.990. The smallest absolute Gasteiger partial charge is 0.354 e. The maximum atomic E-state index is 12.3. The number of ether oxygens (including phenoxy) is 1. The van der Waals surface area contributed by atoms with E-state index in [9.17, 15) is 4.79 Å². The van der Waals surface area contributed by atoms with Crippen LogP contribution < -0.4 is 0 Å². The average Bonchev–Trinajstić information content (AvgIpc) is 3.36. The fourth-order valence-corrected chi connectivity index (χ4v) is 4.18. The summed E-state index contributed by atoms with van der Waals surface area (Å²) in [6, 6.07) is 13.8. The topological polar surface area (TPSA) is 57.3 Å². The van der Waals surface area contributed by atoms with E-state index in [0.29, 0.717) is 18.1 Å². The summed E-state index contributed by atoms with van der Waals surface area (Å²) in [5.41, 5.74) is 3.30. The van der Waals surface area contributed by atoms with E-state index >= 15 is 0 Å². The summed E-state index contributed by atoms with van der Waals surface area (Å²) in [7, 11) is 1.40. The van der Waals surface area contributed by atoms with Crippen LogP contribution in [-0.4, -0.2) is 22.6 Å². The molecule has 27 heavy (non-hydrogen) atoms. The number of aromatic nitrogens is 2. The van der Waals surface area contributed by atoms with Crippen LogP contribution in [-0.2, 0) is 17.7 Å². The molecule has 0 bridgehead atoms. The summed E-state index contributed by atoms with van der Waals surface area (Å²) in [5, 5.41) is 0. The van der Waals surface area contributed by atoms with Gasteiger partial charge in [0.2, 0.25) is 5.89 Å². The molecule has 138 valence electrons. The fraction of sp³-hybridized carbons (Fsp3) is 0.238. The van der Waals surface area contributed by atoms with E-state index in [1.54, 1.807) is 11.3 Å². The number of aryl methyl sites for hydroxylation is 2. The van der Waals surface area contributed by atoms with Crippen molar-refractivity contribution in [3.8, 4) is 11.5 Å². The number of nitrogens with zero attached hydrogens (tertiary/aromatic N) is 2. The van der Waals surface area contributed by atoms with Gasteiger partial charge in [-0.2, -0.15) is 0 Å². The number of rotatable bonds is 5. The average molecular weight is 380 g/mol. The molecule has 0 aliphatic rings. The third kappa shape index (κ3) is 3.17. The van der Waals surface area contributed by atoms with Crippen LogP contribution in [0.3, 0.4) is 0 Å². The molecule has 0 N–H and O–H groups in total. The maximum absolute atomic E-state index is 12.3. The van der Waals surface area contributed by atoms with Crippen molar-refractivity contribution >= 4 is 27.5 Å². The minimum atomic E-state index is -0.346. The Bertz CT molecular complexity index is 1110. The van der Waals surface area contributed by atoms with Crippen molar-refractivity contribution in [1.29, 1.82) is 0 Å². The molecule has 4 rings (SSSR count). The first-order valence-corrected chi connectivity index (χ1v) is 9.64. The third-order valence-electron chi connectivity index (χ3n) is 4.60. The quantitative estimate of drug-likeness (QED) is 0.454. The van der Waals surface area contributed by atoms with Gasteiger partial charge in [-0.1, -0.05) is 25.1 Å². The Kier molecular flexibility index (Phi) is 4.58. The SMILES string of the molecule is CCc1cc2c(cc(C(=O)OC)n2Cc2nc(-c3ccccc3)oc2C)s1. The molecule has 0 atom stereocenters. The van der Waals surface area contributed by atoms with Gasteiger partial charge in [-0.3, -0.25) is 0 Å². The molecule has 0 spiro atoms. The highest BCUT2D eigenvalue weighted by molar-refractivity contribution is 7.19. The van der Waals surface area contributed by atoms with Gasteiger partial charge in [0.1, 0.15) is 17.1 Å². The predicted octanol–water partition coefficient (Wildman–Crippen LogP) is 5.06. The minimum absolute atomic E-state index is 0.346. The van der Waals surface area contributed by atoms with Crippen LogP contribution in [0.2, 0.25) is 0 Å². The lowest BCUT2D eigenvalue weighted by atomic mass is 10.2. The second-order valence-electron chi connectivity index (χ2n) is 6.31. The lowest BCUT2D eigenvalue weighted by molar-refractivity contribution is 0.0589. The Morgan fingerprint density at radius 1 is 1.26 bits per heavy atom. The van der Waals surface area contributed by atoms with Crippen molar-refractivity contribution in [1.82, 2.24) is 9.55 Å². The Morgan fingerprint density at radius 2 is 2.04 bits per heavy atom. The Hall–Kier alpha value is -2.86. The lowest BCUT2D eigenvalue weighted by Crippen LogP contribution is -2.12. The van der Waals surface area contributed by atoms with Gasteiger partial charge in [0.15, 0.2) is 0 Å². The zero-order chi connectivity index (χ0) is 19.0. The monoisotopic (exact) mass is 380 g/mol. The van der Waals surface area contributed by atoms with Crippen molar-refractivity contribution in [3.05, 3.63) is 64.5 Å². The molecule has 0 unspecified atom stereocenters. The van der Waals surface area contributed by atoms with E-state index in [0.717, 1.165) is 33.7 Å². The first kappa shape index (κ1) is 17.5. The molecule has 3 aromatic heterocycles. The summed E-state index contributed by atoms with van der Waals surface area (Å²) in [6.45, 7) is 4.48. The van der Waals surface area contributed by atoms with Crippen molar-refractivity contribution < 1.29 is 13.9 Å². The molecule has 0 fully saturated rings. The first-order valence-electron chi connectivity index (χ1n) is 8.82. The van der Waals surface area contributed by atoms with Gasteiger partial charge in [0.05, 0.1) is 23.9 Å². The fourth-order valence-electron chi connectivity index (χ4n) is 3.14. The first-order chi connectivity index (χ1) is 13.1. The molecule has 1 aromatic carbocycles. The van der Waals surface area contributed by atoms with Gasteiger partial charge in [0, 0.05) is 10.4 Å². The summed E-state index contributed by atoms with van der Waals surface area (Å²) < 4.78 is 13.9. The second-order valence-corrected chi connectivity index (χ2v) is 7.48. The number of oxazole rings is 1. The number of methoxy groups -OCH3 is 1. The van der Waals surface area contributed by atoms with Gasteiger partial charge >= 0.3 is 5.97 Å². The third-order valence-corrected chi connectivity index (χ3v) is 5.82. The predicted molar refractivity (Wildman–Crippen MR) is 106 cm³/mol. The van der Waals surface area contributed by atoms with Gasteiger partial charge < -0.3 is 13.7 Å². The second kappa shape index (κ2) is 7.04. The van der Waals surface area contributed by atoms with Gasteiger partial charge in [-0.15, -0.1) is 11.3 Å². The number of thiophene rings is 1. The van der Waals surface area contributed by atoms with E-state index in [1.165, 1.54) is 12.0 Å². The van der Waals surface area contributed by atoms with Crippen molar-refractivity contribution in [2.75, 3.05) is 7.11 Å². The molecule has 4 aromatic rings. The molecular weight excluding hydrogens is 360 g/mol. The van der Waals surface area contributed by atoms with Crippen LogP contribution in [0.15, 0.2) is 46.9 Å². The van der Waals surface area contributed by atoms with E-state index in [2.05, 4.69) is 18.0 Å². The van der Waals surface area contributed by atoms with Crippen LogP contribution >= 0.6 is 11.3 Å². The molecule has 0 aliphatic heterocycles. The number of carbonyl (C=O) groups is 1. The van der Waals surface area contributed by atoms with Crippen LogP contribution in [0, 0.1) is 6.92 Å². The summed E-state index contributed by atoms with van der Waals surface area (Å²) in [6.07, 6.45) is 0.966. The van der Waals surface area contributed by atoms with Crippen molar-refractivity contribution in [2.45, 2.75) is 26.8 Å². The number of esters is 1. The number of hydrogen-bond acceptors (Lipinski definition) is 5. The summed E-state index contributed by atoms with van der Waals surface area (Å²) in [4.78, 5) is 18.2. The maximum Gasteiger partial charge on any atom is 0.354 e. The van der Waals surface area contributed by atoms with Gasteiger partial charge in [-0.05, 0) is 37.6 Å². The molecule has 0 saturated heterocycles. The molecule has 0 saturated carbocycles. The largest absolute Gasteiger partial charge is 0.464 e.